The molecule has 0 heterocycles. The predicted molar refractivity (Wildman–Crippen MR) is 84.0 cm³/mol. The first-order valence-electron chi connectivity index (χ1n) is 6.05. The summed E-state index contributed by atoms with van der Waals surface area (Å²) in [5, 5.41) is 0. The number of carbonyl (C=O) groups is 1. The van der Waals surface area contributed by atoms with Crippen LogP contribution >= 0.6 is 22.6 Å². The first-order valence-corrected chi connectivity index (χ1v) is 7.13. The van der Waals surface area contributed by atoms with Crippen molar-refractivity contribution in [2.24, 2.45) is 0 Å². The first kappa shape index (κ1) is 13.3. The van der Waals surface area contributed by atoms with Gasteiger partial charge in [0.25, 0.3) is 0 Å². The van der Waals surface area contributed by atoms with Gasteiger partial charge >= 0.3 is 0 Å². The Kier molecular flexibility index (Phi) is 4.53. The Morgan fingerprint density at radius 2 is 1.33 bits per heavy atom. The van der Waals surface area contributed by atoms with Crippen LogP contribution in [0.25, 0.3) is 11.1 Å². The summed E-state index contributed by atoms with van der Waals surface area (Å²) in [6.07, 6.45) is 1.58. The average Bonchev–Trinajstić information content (AvgIpc) is 2.39. The molecule has 0 spiro atoms. The smallest absolute Gasteiger partial charge is 0.196 e. The number of hydrogen-bond acceptors (Lipinski definition) is 1. The monoisotopic (exact) mass is 350 g/mol. The van der Waals surface area contributed by atoms with Crippen molar-refractivity contribution in [3.63, 3.8) is 0 Å². The van der Waals surface area contributed by atoms with E-state index in [1.807, 2.05) is 34.7 Å². The van der Waals surface area contributed by atoms with Crippen molar-refractivity contribution in [1.29, 1.82) is 0 Å². The fraction of sp³-hybridized carbons (Fsp3) is 0.188. The Morgan fingerprint density at radius 1 is 0.889 bits per heavy atom. The fourth-order valence-electron chi connectivity index (χ4n) is 1.91. The Balaban J connectivity index is 2.20. The molecule has 0 fully saturated rings. The summed E-state index contributed by atoms with van der Waals surface area (Å²) in [5.41, 5.74) is 4.84. The van der Waals surface area contributed by atoms with Gasteiger partial charge in [-0.1, -0.05) is 55.5 Å². The van der Waals surface area contributed by atoms with Gasteiger partial charge in [0, 0.05) is 6.42 Å². The maximum Gasteiger partial charge on any atom is 0.196 e. The molecule has 0 amide bonds. The average molecular weight is 350 g/mol. The number of hydrogen-bond donors (Lipinski definition) is 0. The second-order valence-corrected chi connectivity index (χ2v) is 5.48. The lowest BCUT2D eigenvalue weighted by atomic mass is 10.0. The summed E-state index contributed by atoms with van der Waals surface area (Å²) in [6, 6.07) is 16.8. The van der Waals surface area contributed by atoms with Crippen molar-refractivity contribution in [2.75, 3.05) is 0 Å². The van der Waals surface area contributed by atoms with Gasteiger partial charge in [-0.15, -0.1) is 0 Å². The van der Waals surface area contributed by atoms with Gasteiger partial charge in [-0.05, 0) is 51.3 Å². The largest absolute Gasteiger partial charge is 0.287 e. The lowest BCUT2D eigenvalue weighted by Gasteiger charge is -2.04. The van der Waals surface area contributed by atoms with E-state index in [9.17, 15) is 4.79 Å². The van der Waals surface area contributed by atoms with Crippen molar-refractivity contribution < 1.29 is 4.79 Å². The van der Waals surface area contributed by atoms with Crippen LogP contribution in [0, 0.1) is 0 Å². The second-order valence-electron chi connectivity index (χ2n) is 4.28. The molecule has 18 heavy (non-hydrogen) atoms. The molecule has 2 aromatic rings. The number of aryl methyl sites for hydroxylation is 1. The Morgan fingerprint density at radius 3 is 1.72 bits per heavy atom. The molecule has 0 saturated heterocycles. The normalized spacial score (nSPS) is 10.3. The first-order chi connectivity index (χ1) is 8.69. The molecule has 0 bridgehead atoms. The molecule has 1 nitrogen and oxygen atoms in total. The van der Waals surface area contributed by atoms with Crippen LogP contribution in [0.15, 0.2) is 48.5 Å². The molecule has 92 valence electrons. The summed E-state index contributed by atoms with van der Waals surface area (Å²) < 4.78 is 0.174. The molecule has 0 unspecified atom stereocenters. The lowest BCUT2D eigenvalue weighted by molar-refractivity contribution is -0.108. The highest BCUT2D eigenvalue weighted by Gasteiger charge is 2.01. The van der Waals surface area contributed by atoms with Crippen molar-refractivity contribution in [2.45, 2.75) is 19.8 Å². The zero-order valence-corrected chi connectivity index (χ0v) is 12.5. The SMILES string of the molecule is CCc1ccc(-c2ccc(CC(=O)I)cc2)cc1. The van der Waals surface area contributed by atoms with Crippen LogP contribution in [0.4, 0.5) is 0 Å². The van der Waals surface area contributed by atoms with E-state index in [4.69, 9.17) is 0 Å². The third kappa shape index (κ3) is 3.42. The van der Waals surface area contributed by atoms with E-state index in [1.54, 1.807) is 0 Å². The maximum atomic E-state index is 11.0. The van der Waals surface area contributed by atoms with E-state index in [2.05, 4.69) is 43.3 Å². The van der Waals surface area contributed by atoms with Crippen LogP contribution in [0.3, 0.4) is 0 Å². The standard InChI is InChI=1S/C16H15IO/c1-2-12-3-7-14(8-4-12)15-9-5-13(6-10-15)11-16(17)18/h3-10H,2,11H2,1H3. The third-order valence-corrected chi connectivity index (χ3v) is 3.37. The Labute approximate surface area is 121 Å². The van der Waals surface area contributed by atoms with E-state index in [0.29, 0.717) is 6.42 Å². The maximum absolute atomic E-state index is 11.0. The van der Waals surface area contributed by atoms with Crippen molar-refractivity contribution in [3.8, 4) is 11.1 Å². The Bertz CT molecular complexity index is 526. The fourth-order valence-corrected chi connectivity index (χ4v) is 2.35. The van der Waals surface area contributed by atoms with E-state index in [-0.39, 0.29) is 3.79 Å². The second kappa shape index (κ2) is 6.14. The highest BCUT2D eigenvalue weighted by Crippen LogP contribution is 2.21. The molecule has 0 aromatic heterocycles. The van der Waals surface area contributed by atoms with Gasteiger partial charge in [0.15, 0.2) is 3.79 Å². The van der Waals surface area contributed by atoms with Gasteiger partial charge in [0.2, 0.25) is 0 Å². The van der Waals surface area contributed by atoms with Gasteiger partial charge in [0.05, 0.1) is 0 Å². The van der Waals surface area contributed by atoms with E-state index in [1.165, 1.54) is 16.7 Å². The lowest BCUT2D eigenvalue weighted by Crippen LogP contribution is -1.92. The third-order valence-electron chi connectivity index (χ3n) is 2.99. The summed E-state index contributed by atoms with van der Waals surface area (Å²) in [6.45, 7) is 2.16. The molecule has 0 saturated carbocycles. The van der Waals surface area contributed by atoms with Gasteiger partial charge in [-0.2, -0.15) is 0 Å². The van der Waals surface area contributed by atoms with E-state index >= 15 is 0 Å². The molecule has 0 aliphatic rings. The Hall–Kier alpha value is -1.16. The van der Waals surface area contributed by atoms with Crippen molar-refractivity contribution in [3.05, 3.63) is 59.7 Å². The van der Waals surface area contributed by atoms with Crippen LogP contribution in [-0.2, 0) is 17.6 Å². The molecule has 0 aliphatic heterocycles. The highest BCUT2D eigenvalue weighted by atomic mass is 127. The van der Waals surface area contributed by atoms with Crippen LogP contribution in [0.1, 0.15) is 18.1 Å². The highest BCUT2D eigenvalue weighted by molar-refractivity contribution is 14.1. The summed E-state index contributed by atoms with van der Waals surface area (Å²) in [4.78, 5) is 11.0. The topological polar surface area (TPSA) is 17.1 Å². The zero-order valence-electron chi connectivity index (χ0n) is 10.3. The molecule has 2 heteroatoms. The number of rotatable bonds is 4. The quantitative estimate of drug-likeness (QED) is 0.589. The minimum absolute atomic E-state index is 0.174. The predicted octanol–water partition coefficient (Wildman–Crippen LogP) is 4.42. The summed E-state index contributed by atoms with van der Waals surface area (Å²) >= 11 is 1.84. The van der Waals surface area contributed by atoms with Gasteiger partial charge < -0.3 is 0 Å². The minimum atomic E-state index is 0.174. The molecule has 2 rings (SSSR count). The molecule has 2 aromatic carbocycles. The van der Waals surface area contributed by atoms with Crippen molar-refractivity contribution >= 4 is 26.4 Å². The van der Waals surface area contributed by atoms with Gasteiger partial charge in [-0.3, -0.25) is 4.79 Å². The summed E-state index contributed by atoms with van der Waals surface area (Å²) in [7, 11) is 0. The molecule has 0 aliphatic carbocycles. The van der Waals surface area contributed by atoms with E-state index < -0.39 is 0 Å². The van der Waals surface area contributed by atoms with Gasteiger partial charge in [0.1, 0.15) is 0 Å². The van der Waals surface area contributed by atoms with Crippen molar-refractivity contribution in [1.82, 2.24) is 0 Å². The number of halogens is 1. The molecular formula is C16H15IO. The number of carbonyl (C=O) groups excluding carboxylic acids is 1. The molecular weight excluding hydrogens is 335 g/mol. The minimum Gasteiger partial charge on any atom is -0.287 e. The van der Waals surface area contributed by atoms with Crippen LogP contribution in [0.5, 0.6) is 0 Å². The molecule has 0 atom stereocenters. The van der Waals surface area contributed by atoms with Gasteiger partial charge in [-0.25, -0.2) is 0 Å². The van der Waals surface area contributed by atoms with Crippen LogP contribution in [-0.4, -0.2) is 3.79 Å². The zero-order chi connectivity index (χ0) is 13.0. The van der Waals surface area contributed by atoms with Crippen LogP contribution in [0.2, 0.25) is 0 Å². The summed E-state index contributed by atoms with van der Waals surface area (Å²) in [5.74, 6) is 0. The molecule has 0 N–H and O–H groups in total. The van der Waals surface area contributed by atoms with E-state index in [0.717, 1.165) is 12.0 Å². The van der Waals surface area contributed by atoms with Crippen LogP contribution < -0.4 is 0 Å². The number of benzene rings is 2. The molecule has 0 radical (unpaired) electrons.